The summed E-state index contributed by atoms with van der Waals surface area (Å²) in [6.45, 7) is 4.20. The maximum absolute atomic E-state index is 12.2. The monoisotopic (exact) mass is 366 g/mol. The van der Waals surface area contributed by atoms with Crippen LogP contribution in [0.15, 0.2) is 4.52 Å². The van der Waals surface area contributed by atoms with Gasteiger partial charge in [-0.15, -0.1) is 12.4 Å². The van der Waals surface area contributed by atoms with Crippen molar-refractivity contribution >= 4 is 22.4 Å². The number of hydrogen-bond donors (Lipinski definition) is 2. The Labute approximate surface area is 144 Å². The summed E-state index contributed by atoms with van der Waals surface area (Å²) in [5, 5.41) is 6.90. The van der Waals surface area contributed by atoms with Crippen LogP contribution in [0.4, 0.5) is 0 Å². The van der Waals surface area contributed by atoms with E-state index in [2.05, 4.69) is 27.1 Å². The summed E-state index contributed by atoms with van der Waals surface area (Å²) in [7, 11) is -1.58. The van der Waals surface area contributed by atoms with E-state index in [0.717, 1.165) is 25.7 Å². The van der Waals surface area contributed by atoms with Gasteiger partial charge in [-0.25, -0.2) is 13.1 Å². The first kappa shape index (κ1) is 20.3. The van der Waals surface area contributed by atoms with E-state index >= 15 is 0 Å². The molecule has 1 unspecified atom stereocenters. The smallest absolute Gasteiger partial charge is 0.243 e. The Hall–Kier alpha value is -0.700. The van der Waals surface area contributed by atoms with E-state index in [4.69, 9.17) is 4.52 Å². The molecule has 9 heteroatoms. The number of nitrogens with zero attached hydrogens (tertiary/aromatic N) is 2. The highest BCUT2D eigenvalue weighted by molar-refractivity contribution is 7.88. The fourth-order valence-electron chi connectivity index (χ4n) is 2.64. The Kier molecular flexibility index (Phi) is 7.93. The molecule has 1 aromatic heterocycles. The molecule has 0 aliphatic heterocycles. The van der Waals surface area contributed by atoms with Crippen LogP contribution in [-0.2, 0) is 22.2 Å². The van der Waals surface area contributed by atoms with E-state index in [9.17, 15) is 8.42 Å². The van der Waals surface area contributed by atoms with Gasteiger partial charge in [0.2, 0.25) is 15.9 Å². The van der Waals surface area contributed by atoms with Crippen molar-refractivity contribution in [2.75, 3.05) is 7.05 Å². The highest BCUT2D eigenvalue weighted by Crippen LogP contribution is 2.24. The van der Waals surface area contributed by atoms with Crippen molar-refractivity contribution in [3.63, 3.8) is 0 Å². The van der Waals surface area contributed by atoms with Crippen molar-refractivity contribution in [2.24, 2.45) is 5.92 Å². The van der Waals surface area contributed by atoms with Gasteiger partial charge in [-0.05, 0) is 45.6 Å². The maximum Gasteiger partial charge on any atom is 0.243 e. The van der Waals surface area contributed by atoms with Gasteiger partial charge in [-0.2, -0.15) is 4.98 Å². The normalized spacial score (nSPS) is 23.3. The molecule has 0 spiro atoms. The van der Waals surface area contributed by atoms with E-state index in [1.165, 1.54) is 0 Å². The first-order chi connectivity index (χ1) is 10.4. The minimum absolute atomic E-state index is 0. The maximum atomic E-state index is 12.2. The highest BCUT2D eigenvalue weighted by Gasteiger charge is 2.25. The molecule has 1 aliphatic rings. The van der Waals surface area contributed by atoms with Crippen LogP contribution in [0.2, 0.25) is 0 Å². The molecule has 1 aliphatic carbocycles. The van der Waals surface area contributed by atoms with Gasteiger partial charge in [-0.3, -0.25) is 0 Å². The van der Waals surface area contributed by atoms with Crippen LogP contribution < -0.4 is 10.0 Å². The van der Waals surface area contributed by atoms with E-state index in [0.29, 0.717) is 18.2 Å². The number of sulfonamides is 1. The second-order valence-corrected chi connectivity index (χ2v) is 8.09. The van der Waals surface area contributed by atoms with Gasteiger partial charge < -0.3 is 9.84 Å². The zero-order valence-corrected chi connectivity index (χ0v) is 15.5. The minimum Gasteiger partial charge on any atom is -0.338 e. The first-order valence-electron chi connectivity index (χ1n) is 7.86. The average Bonchev–Trinajstić information content (AvgIpc) is 2.87. The van der Waals surface area contributed by atoms with Crippen LogP contribution in [0.5, 0.6) is 0 Å². The van der Waals surface area contributed by atoms with Crippen molar-refractivity contribution in [3.05, 3.63) is 11.7 Å². The molecule has 0 bridgehead atoms. The fourth-order valence-corrected chi connectivity index (χ4v) is 3.91. The molecule has 1 aromatic rings. The zero-order valence-electron chi connectivity index (χ0n) is 13.9. The quantitative estimate of drug-likeness (QED) is 0.761. The summed E-state index contributed by atoms with van der Waals surface area (Å²) < 4.78 is 32.2. The Morgan fingerprint density at radius 1 is 1.30 bits per heavy atom. The van der Waals surface area contributed by atoms with Crippen LogP contribution in [0.25, 0.3) is 0 Å². The van der Waals surface area contributed by atoms with E-state index in [1.807, 2.05) is 14.0 Å². The molecule has 1 fully saturated rings. The molecule has 0 saturated heterocycles. The van der Waals surface area contributed by atoms with Crippen LogP contribution in [-0.4, -0.2) is 37.7 Å². The SMILES string of the molecule is CNC(C)Cc1noc(CS(=O)(=O)NC2CCC(C)CC2)n1.Cl. The van der Waals surface area contributed by atoms with Crippen molar-refractivity contribution in [2.45, 2.75) is 63.8 Å². The average molecular weight is 367 g/mol. The standard InChI is InChI=1S/C14H26N4O3S.ClH/c1-10-4-6-12(7-5-10)18-22(19,20)9-14-16-13(17-21-14)8-11(2)15-3;/h10-12,15,18H,4-9H2,1-3H3;1H. The van der Waals surface area contributed by atoms with Gasteiger partial charge in [0.15, 0.2) is 5.82 Å². The minimum atomic E-state index is -3.43. The molecule has 0 aromatic carbocycles. The molecule has 0 amide bonds. The van der Waals surface area contributed by atoms with Crippen LogP contribution in [0.3, 0.4) is 0 Å². The summed E-state index contributed by atoms with van der Waals surface area (Å²) >= 11 is 0. The lowest BCUT2D eigenvalue weighted by atomic mass is 9.88. The molecule has 23 heavy (non-hydrogen) atoms. The lowest BCUT2D eigenvalue weighted by molar-refractivity contribution is 0.331. The molecule has 2 N–H and O–H groups in total. The lowest BCUT2D eigenvalue weighted by Gasteiger charge is -2.26. The third-order valence-electron chi connectivity index (χ3n) is 4.17. The highest BCUT2D eigenvalue weighted by atomic mass is 35.5. The number of likely N-dealkylation sites (N-methyl/N-ethyl adjacent to an activating group) is 1. The Bertz CT molecular complexity index is 570. The van der Waals surface area contributed by atoms with E-state index in [-0.39, 0.29) is 36.1 Å². The Morgan fingerprint density at radius 3 is 2.57 bits per heavy atom. The molecular weight excluding hydrogens is 340 g/mol. The third-order valence-corrected chi connectivity index (χ3v) is 5.49. The number of aromatic nitrogens is 2. The molecule has 2 rings (SSSR count). The Morgan fingerprint density at radius 2 is 1.96 bits per heavy atom. The largest absolute Gasteiger partial charge is 0.338 e. The molecule has 134 valence electrons. The van der Waals surface area contributed by atoms with Crippen molar-refractivity contribution in [1.29, 1.82) is 0 Å². The van der Waals surface area contributed by atoms with Gasteiger partial charge >= 0.3 is 0 Å². The molecular formula is C14H27ClN4O3S. The molecule has 1 atom stereocenters. The van der Waals surface area contributed by atoms with Crippen LogP contribution in [0.1, 0.15) is 51.2 Å². The predicted octanol–water partition coefficient (Wildman–Crippen LogP) is 1.64. The molecule has 1 saturated carbocycles. The third kappa shape index (κ3) is 6.74. The van der Waals surface area contributed by atoms with Crippen LogP contribution in [0, 0.1) is 5.92 Å². The molecule has 1 heterocycles. The number of nitrogens with one attached hydrogen (secondary N) is 2. The van der Waals surface area contributed by atoms with Crippen molar-refractivity contribution in [3.8, 4) is 0 Å². The molecule has 0 radical (unpaired) electrons. The van der Waals surface area contributed by atoms with Crippen molar-refractivity contribution < 1.29 is 12.9 Å². The van der Waals surface area contributed by atoms with Crippen molar-refractivity contribution in [1.82, 2.24) is 20.2 Å². The summed E-state index contributed by atoms with van der Waals surface area (Å²) in [5.74, 6) is 1.11. The van der Waals surface area contributed by atoms with E-state index in [1.54, 1.807) is 0 Å². The summed E-state index contributed by atoms with van der Waals surface area (Å²) in [5.41, 5.74) is 0. The summed E-state index contributed by atoms with van der Waals surface area (Å²) in [6.07, 6.45) is 4.54. The first-order valence-corrected chi connectivity index (χ1v) is 9.52. The predicted molar refractivity (Wildman–Crippen MR) is 91.0 cm³/mol. The summed E-state index contributed by atoms with van der Waals surface area (Å²) in [6, 6.07) is 0.248. The number of hydrogen-bond acceptors (Lipinski definition) is 6. The van der Waals surface area contributed by atoms with Gasteiger partial charge in [0.25, 0.3) is 0 Å². The zero-order chi connectivity index (χ0) is 16.2. The number of rotatable bonds is 7. The van der Waals surface area contributed by atoms with Gasteiger partial charge in [-0.1, -0.05) is 12.1 Å². The van der Waals surface area contributed by atoms with Gasteiger partial charge in [0.1, 0.15) is 5.75 Å². The molecule has 7 nitrogen and oxygen atoms in total. The van der Waals surface area contributed by atoms with E-state index < -0.39 is 10.0 Å². The van der Waals surface area contributed by atoms with Gasteiger partial charge in [0, 0.05) is 18.5 Å². The number of halogens is 1. The Balaban J connectivity index is 0.00000264. The second-order valence-electron chi connectivity index (χ2n) is 6.33. The lowest BCUT2D eigenvalue weighted by Crippen LogP contribution is -2.38. The fraction of sp³-hybridized carbons (Fsp3) is 0.857. The second kappa shape index (κ2) is 8.96. The van der Waals surface area contributed by atoms with Gasteiger partial charge in [0.05, 0.1) is 0 Å². The van der Waals surface area contributed by atoms with Crippen LogP contribution >= 0.6 is 12.4 Å². The summed E-state index contributed by atoms with van der Waals surface area (Å²) in [4.78, 5) is 4.15. The topological polar surface area (TPSA) is 97.1 Å².